The Balaban J connectivity index is 2.14. The second kappa shape index (κ2) is 4.35. The highest BCUT2D eigenvalue weighted by atomic mass is 19.1. The van der Waals surface area contributed by atoms with Crippen LogP contribution in [-0.2, 0) is 0 Å². The quantitative estimate of drug-likeness (QED) is 0.666. The van der Waals surface area contributed by atoms with Gasteiger partial charge in [0.15, 0.2) is 0 Å². The summed E-state index contributed by atoms with van der Waals surface area (Å²) in [6.07, 6.45) is 0. The van der Waals surface area contributed by atoms with Gasteiger partial charge in [0.1, 0.15) is 5.82 Å². The lowest BCUT2D eigenvalue weighted by molar-refractivity contribution is 0.633. The van der Waals surface area contributed by atoms with E-state index in [0.717, 1.165) is 27.7 Å². The minimum Gasteiger partial charge on any atom is -0.396 e. The van der Waals surface area contributed by atoms with E-state index in [2.05, 4.69) is 4.98 Å². The summed E-state index contributed by atoms with van der Waals surface area (Å²) >= 11 is 0. The summed E-state index contributed by atoms with van der Waals surface area (Å²) in [5, 5.41) is 1.04. The molecule has 0 saturated carbocycles. The fourth-order valence-electron chi connectivity index (χ4n) is 2.11. The van der Waals surface area contributed by atoms with Crippen molar-refractivity contribution in [2.24, 2.45) is 0 Å². The van der Waals surface area contributed by atoms with Crippen LogP contribution in [0.2, 0.25) is 0 Å². The van der Waals surface area contributed by atoms with Gasteiger partial charge in [0.25, 0.3) is 0 Å². The maximum Gasteiger partial charge on any atom is 0.146 e. The summed E-state index contributed by atoms with van der Waals surface area (Å²) in [5.74, 6) is -0.389. The molecule has 2 N–H and O–H groups in total. The Kier molecular flexibility index (Phi) is 2.67. The predicted molar refractivity (Wildman–Crippen MR) is 76.3 cm³/mol. The molecule has 0 aliphatic carbocycles. The zero-order chi connectivity index (χ0) is 13.4. The Morgan fingerprint density at radius 1 is 0.947 bits per heavy atom. The number of rotatable bonds is 1. The van der Waals surface area contributed by atoms with Crippen LogP contribution in [0, 0.1) is 12.7 Å². The molecule has 0 saturated heterocycles. The normalized spacial score (nSPS) is 10.8. The van der Waals surface area contributed by atoms with Crippen LogP contribution in [0.3, 0.4) is 0 Å². The summed E-state index contributed by atoms with van der Waals surface area (Å²) in [5.41, 5.74) is 9.36. The number of nitrogens with two attached hydrogens (primary N) is 1. The number of aryl methyl sites for hydroxylation is 1. The summed E-state index contributed by atoms with van der Waals surface area (Å²) in [7, 11) is 0. The van der Waals surface area contributed by atoms with Crippen molar-refractivity contribution in [3.63, 3.8) is 0 Å². The number of hydrogen-bond donors (Lipinski definition) is 1. The highest BCUT2D eigenvalue weighted by Crippen LogP contribution is 2.26. The third kappa shape index (κ3) is 2.15. The highest BCUT2D eigenvalue weighted by Gasteiger charge is 2.04. The number of fused-ring (bicyclic) bond motifs is 1. The lowest BCUT2D eigenvalue weighted by Gasteiger charge is -2.06. The SMILES string of the molecule is Cc1ccc2cc(-c3ccc(N)c(F)c3)ccc2n1. The fraction of sp³-hybridized carbons (Fsp3) is 0.0625. The van der Waals surface area contributed by atoms with Crippen molar-refractivity contribution in [2.75, 3.05) is 5.73 Å². The van der Waals surface area contributed by atoms with Crippen molar-refractivity contribution < 1.29 is 4.39 Å². The molecule has 3 rings (SSSR count). The van der Waals surface area contributed by atoms with E-state index in [9.17, 15) is 4.39 Å². The molecule has 0 atom stereocenters. The topological polar surface area (TPSA) is 38.9 Å². The van der Waals surface area contributed by atoms with Gasteiger partial charge in [-0.25, -0.2) is 4.39 Å². The van der Waals surface area contributed by atoms with Crippen LogP contribution in [0.5, 0.6) is 0 Å². The fourth-order valence-corrected chi connectivity index (χ4v) is 2.11. The first-order valence-electron chi connectivity index (χ1n) is 6.06. The first kappa shape index (κ1) is 11.7. The number of nitrogen functional groups attached to an aromatic ring is 1. The molecular weight excluding hydrogens is 239 g/mol. The molecule has 19 heavy (non-hydrogen) atoms. The number of aromatic nitrogens is 1. The highest BCUT2D eigenvalue weighted by molar-refractivity contribution is 5.84. The van der Waals surface area contributed by atoms with Crippen molar-refractivity contribution in [1.29, 1.82) is 0 Å². The van der Waals surface area contributed by atoms with E-state index in [1.807, 2.05) is 43.3 Å². The van der Waals surface area contributed by atoms with E-state index in [-0.39, 0.29) is 11.5 Å². The van der Waals surface area contributed by atoms with Crippen LogP contribution >= 0.6 is 0 Å². The Morgan fingerprint density at radius 3 is 2.47 bits per heavy atom. The molecule has 0 aliphatic rings. The van der Waals surface area contributed by atoms with Crippen molar-refractivity contribution >= 4 is 16.6 Å². The standard InChI is InChI=1S/C16H13FN2/c1-10-2-3-13-8-11(5-7-16(13)19-10)12-4-6-15(18)14(17)9-12/h2-9H,18H2,1H3. The second-order valence-electron chi connectivity index (χ2n) is 4.60. The minimum absolute atomic E-state index is 0.168. The molecule has 1 aromatic heterocycles. The first-order valence-corrected chi connectivity index (χ1v) is 6.06. The Labute approximate surface area is 110 Å². The van der Waals surface area contributed by atoms with Gasteiger partial charge in [-0.2, -0.15) is 0 Å². The average molecular weight is 252 g/mol. The number of benzene rings is 2. The van der Waals surface area contributed by atoms with Crippen LogP contribution in [0.4, 0.5) is 10.1 Å². The van der Waals surface area contributed by atoms with Gasteiger partial charge >= 0.3 is 0 Å². The maximum atomic E-state index is 13.5. The largest absolute Gasteiger partial charge is 0.396 e. The smallest absolute Gasteiger partial charge is 0.146 e. The Bertz CT molecular complexity index is 766. The minimum atomic E-state index is -0.389. The third-order valence-electron chi connectivity index (χ3n) is 3.16. The van der Waals surface area contributed by atoms with E-state index in [1.165, 1.54) is 6.07 Å². The first-order chi connectivity index (χ1) is 9.13. The van der Waals surface area contributed by atoms with Gasteiger partial charge in [0.05, 0.1) is 11.2 Å². The zero-order valence-electron chi connectivity index (χ0n) is 10.5. The molecule has 0 bridgehead atoms. The zero-order valence-corrected chi connectivity index (χ0v) is 10.5. The van der Waals surface area contributed by atoms with E-state index in [1.54, 1.807) is 6.07 Å². The van der Waals surface area contributed by atoms with Crippen molar-refractivity contribution in [3.05, 3.63) is 60.0 Å². The Morgan fingerprint density at radius 2 is 1.68 bits per heavy atom. The summed E-state index contributed by atoms with van der Waals surface area (Å²) in [4.78, 5) is 4.45. The molecule has 3 heteroatoms. The van der Waals surface area contributed by atoms with Gasteiger partial charge < -0.3 is 5.73 Å². The van der Waals surface area contributed by atoms with Gasteiger partial charge in [-0.15, -0.1) is 0 Å². The number of hydrogen-bond acceptors (Lipinski definition) is 2. The molecule has 2 nitrogen and oxygen atoms in total. The average Bonchev–Trinajstić information content (AvgIpc) is 2.41. The lowest BCUT2D eigenvalue weighted by atomic mass is 10.0. The third-order valence-corrected chi connectivity index (χ3v) is 3.16. The molecule has 0 amide bonds. The number of anilines is 1. The van der Waals surface area contributed by atoms with Crippen molar-refractivity contribution in [3.8, 4) is 11.1 Å². The number of halogens is 1. The monoisotopic (exact) mass is 252 g/mol. The lowest BCUT2D eigenvalue weighted by Crippen LogP contribution is -1.90. The van der Waals surface area contributed by atoms with Crippen LogP contribution in [0.1, 0.15) is 5.69 Å². The Hall–Kier alpha value is -2.42. The molecule has 0 spiro atoms. The van der Waals surface area contributed by atoms with Crippen LogP contribution in [0.25, 0.3) is 22.0 Å². The summed E-state index contributed by atoms with van der Waals surface area (Å²) in [6, 6.07) is 14.8. The number of nitrogens with zero attached hydrogens (tertiary/aromatic N) is 1. The van der Waals surface area contributed by atoms with Gasteiger partial charge in [-0.1, -0.05) is 18.2 Å². The van der Waals surface area contributed by atoms with Gasteiger partial charge in [-0.05, 0) is 48.4 Å². The maximum absolute atomic E-state index is 13.5. The molecule has 2 aromatic carbocycles. The second-order valence-corrected chi connectivity index (χ2v) is 4.60. The summed E-state index contributed by atoms with van der Waals surface area (Å²) < 4.78 is 13.5. The van der Waals surface area contributed by atoms with Gasteiger partial charge in [0, 0.05) is 11.1 Å². The predicted octanol–water partition coefficient (Wildman–Crippen LogP) is 3.93. The van der Waals surface area contributed by atoms with E-state index in [0.29, 0.717) is 0 Å². The molecule has 1 heterocycles. The van der Waals surface area contributed by atoms with E-state index < -0.39 is 0 Å². The molecule has 0 unspecified atom stereocenters. The van der Waals surface area contributed by atoms with E-state index >= 15 is 0 Å². The molecule has 0 fully saturated rings. The summed E-state index contributed by atoms with van der Waals surface area (Å²) in [6.45, 7) is 1.96. The molecule has 0 aliphatic heterocycles. The van der Waals surface area contributed by atoms with Crippen LogP contribution in [-0.4, -0.2) is 4.98 Å². The number of pyridine rings is 1. The van der Waals surface area contributed by atoms with E-state index in [4.69, 9.17) is 5.73 Å². The van der Waals surface area contributed by atoms with Gasteiger partial charge in [-0.3, -0.25) is 4.98 Å². The van der Waals surface area contributed by atoms with Crippen molar-refractivity contribution in [2.45, 2.75) is 6.92 Å². The molecular formula is C16H13FN2. The van der Waals surface area contributed by atoms with Crippen LogP contribution in [0.15, 0.2) is 48.5 Å². The molecule has 0 radical (unpaired) electrons. The molecule has 94 valence electrons. The van der Waals surface area contributed by atoms with Gasteiger partial charge in [0.2, 0.25) is 0 Å². The van der Waals surface area contributed by atoms with Crippen LogP contribution < -0.4 is 5.73 Å². The molecule has 3 aromatic rings. The van der Waals surface area contributed by atoms with Crippen molar-refractivity contribution in [1.82, 2.24) is 4.98 Å².